The molecule has 0 aromatic heterocycles. The third kappa shape index (κ3) is 3.31. The van der Waals surface area contributed by atoms with Crippen molar-refractivity contribution < 1.29 is 9.59 Å². The second-order valence-corrected chi connectivity index (χ2v) is 5.64. The quantitative estimate of drug-likeness (QED) is 0.928. The highest BCUT2D eigenvalue weighted by Gasteiger charge is 2.35. The Labute approximate surface area is 124 Å². The average molecular weight is 295 g/mol. The van der Waals surface area contributed by atoms with E-state index in [-0.39, 0.29) is 30.2 Å². The van der Waals surface area contributed by atoms with E-state index in [0.717, 1.165) is 12.1 Å². The van der Waals surface area contributed by atoms with E-state index in [0.29, 0.717) is 11.6 Å². The van der Waals surface area contributed by atoms with Gasteiger partial charge in [-0.25, -0.2) is 0 Å². The van der Waals surface area contributed by atoms with Gasteiger partial charge in [-0.2, -0.15) is 0 Å². The average Bonchev–Trinajstić information content (AvgIpc) is 2.81. The van der Waals surface area contributed by atoms with Gasteiger partial charge in [-0.3, -0.25) is 9.59 Å². The van der Waals surface area contributed by atoms with Crippen LogP contribution in [-0.4, -0.2) is 24.4 Å². The van der Waals surface area contributed by atoms with Crippen LogP contribution in [0.2, 0.25) is 5.02 Å². The van der Waals surface area contributed by atoms with Crippen molar-refractivity contribution in [3.8, 4) is 0 Å². The second kappa shape index (κ2) is 6.27. The number of hydrogen-bond acceptors (Lipinski definition) is 2. The summed E-state index contributed by atoms with van der Waals surface area (Å²) in [6.07, 6.45) is 1.15. The Morgan fingerprint density at radius 2 is 2.10 bits per heavy atom. The summed E-state index contributed by atoms with van der Waals surface area (Å²) in [6, 6.07) is 7.24. The monoisotopic (exact) mass is 294 g/mol. The highest BCUT2D eigenvalue weighted by atomic mass is 35.5. The molecule has 1 saturated heterocycles. The number of benzene rings is 1. The minimum atomic E-state index is -0.271. The highest BCUT2D eigenvalue weighted by molar-refractivity contribution is 6.30. The van der Waals surface area contributed by atoms with Crippen LogP contribution < -0.4 is 10.2 Å². The normalized spacial score (nSPS) is 20.1. The van der Waals surface area contributed by atoms with Gasteiger partial charge in [-0.05, 0) is 37.6 Å². The molecule has 4 nitrogen and oxygen atoms in total. The van der Waals surface area contributed by atoms with Crippen molar-refractivity contribution in [2.45, 2.75) is 32.7 Å². The summed E-state index contributed by atoms with van der Waals surface area (Å²) >= 11 is 5.84. The molecule has 1 fully saturated rings. The van der Waals surface area contributed by atoms with Gasteiger partial charge in [0.15, 0.2) is 0 Å². The molecule has 2 rings (SSSR count). The van der Waals surface area contributed by atoms with Crippen molar-refractivity contribution in [1.82, 2.24) is 5.32 Å². The number of carbonyl (C=O) groups excluding carboxylic acids is 2. The minimum absolute atomic E-state index is 0.0170. The molecule has 2 amide bonds. The standard InChI is InChI=1S/C15H19ClN2O2/c1-3-10(2)17-15(20)11-8-14(19)18(9-11)13-6-4-12(16)5-7-13/h4-7,10-11H,3,8-9H2,1-2H3,(H,17,20). The minimum Gasteiger partial charge on any atom is -0.353 e. The Morgan fingerprint density at radius 3 is 2.70 bits per heavy atom. The lowest BCUT2D eigenvalue weighted by Gasteiger charge is -2.18. The Hall–Kier alpha value is -1.55. The van der Waals surface area contributed by atoms with Crippen molar-refractivity contribution in [3.05, 3.63) is 29.3 Å². The van der Waals surface area contributed by atoms with Crippen LogP contribution in [0.3, 0.4) is 0 Å². The predicted molar refractivity (Wildman–Crippen MR) is 79.8 cm³/mol. The zero-order valence-electron chi connectivity index (χ0n) is 11.7. The molecule has 0 radical (unpaired) electrons. The Morgan fingerprint density at radius 1 is 1.45 bits per heavy atom. The zero-order valence-corrected chi connectivity index (χ0v) is 12.5. The lowest BCUT2D eigenvalue weighted by atomic mass is 10.1. The lowest BCUT2D eigenvalue weighted by Crippen LogP contribution is -2.38. The first-order valence-corrected chi connectivity index (χ1v) is 7.25. The molecule has 1 heterocycles. The van der Waals surface area contributed by atoms with Gasteiger partial charge >= 0.3 is 0 Å². The Kier molecular flexibility index (Phi) is 4.65. The first-order chi connectivity index (χ1) is 9.51. The number of amides is 2. The van der Waals surface area contributed by atoms with Gasteiger partial charge in [0.25, 0.3) is 0 Å². The van der Waals surface area contributed by atoms with Gasteiger partial charge in [0.05, 0.1) is 5.92 Å². The summed E-state index contributed by atoms with van der Waals surface area (Å²) in [4.78, 5) is 25.8. The Balaban J connectivity index is 2.03. The van der Waals surface area contributed by atoms with Crippen molar-refractivity contribution in [2.24, 2.45) is 5.92 Å². The summed E-state index contributed by atoms with van der Waals surface area (Å²) < 4.78 is 0. The molecule has 2 unspecified atom stereocenters. The molecular weight excluding hydrogens is 276 g/mol. The molecule has 0 spiro atoms. The number of nitrogens with zero attached hydrogens (tertiary/aromatic N) is 1. The topological polar surface area (TPSA) is 49.4 Å². The number of nitrogens with one attached hydrogen (secondary N) is 1. The SMILES string of the molecule is CCC(C)NC(=O)C1CC(=O)N(c2ccc(Cl)cc2)C1. The van der Waals surface area contributed by atoms with Gasteiger partial charge in [-0.15, -0.1) is 0 Å². The maximum absolute atomic E-state index is 12.1. The van der Waals surface area contributed by atoms with Crippen LogP contribution in [0, 0.1) is 5.92 Å². The van der Waals surface area contributed by atoms with Crippen molar-refractivity contribution >= 4 is 29.1 Å². The van der Waals surface area contributed by atoms with E-state index in [4.69, 9.17) is 11.6 Å². The fraction of sp³-hybridized carbons (Fsp3) is 0.467. The van der Waals surface area contributed by atoms with Crippen LogP contribution in [0.4, 0.5) is 5.69 Å². The van der Waals surface area contributed by atoms with Crippen LogP contribution in [0.25, 0.3) is 0 Å². The molecule has 2 atom stereocenters. The smallest absolute Gasteiger partial charge is 0.227 e. The van der Waals surface area contributed by atoms with Crippen LogP contribution in [0.15, 0.2) is 24.3 Å². The number of hydrogen-bond donors (Lipinski definition) is 1. The van der Waals surface area contributed by atoms with Crippen molar-refractivity contribution in [3.63, 3.8) is 0 Å². The maximum atomic E-state index is 12.1. The summed E-state index contributed by atoms with van der Waals surface area (Å²) in [5, 5.41) is 3.57. The molecule has 0 saturated carbocycles. The second-order valence-electron chi connectivity index (χ2n) is 5.20. The van der Waals surface area contributed by atoms with E-state index in [1.807, 2.05) is 13.8 Å². The largest absolute Gasteiger partial charge is 0.353 e. The van der Waals surface area contributed by atoms with Crippen LogP contribution in [0.5, 0.6) is 0 Å². The third-order valence-corrected chi connectivity index (χ3v) is 3.89. The lowest BCUT2D eigenvalue weighted by molar-refractivity contribution is -0.126. The molecule has 1 aromatic rings. The van der Waals surface area contributed by atoms with Gasteiger partial charge in [0.1, 0.15) is 0 Å². The van der Waals surface area contributed by atoms with E-state index in [2.05, 4.69) is 5.32 Å². The number of rotatable bonds is 4. The predicted octanol–water partition coefficient (Wildman–Crippen LogP) is 2.61. The van der Waals surface area contributed by atoms with Crippen molar-refractivity contribution in [1.29, 1.82) is 0 Å². The van der Waals surface area contributed by atoms with E-state index in [1.54, 1.807) is 29.2 Å². The van der Waals surface area contributed by atoms with E-state index >= 15 is 0 Å². The fourth-order valence-electron chi connectivity index (χ4n) is 2.22. The molecule has 1 aliphatic rings. The molecule has 1 aromatic carbocycles. The molecule has 1 N–H and O–H groups in total. The maximum Gasteiger partial charge on any atom is 0.227 e. The number of anilines is 1. The first-order valence-electron chi connectivity index (χ1n) is 6.87. The van der Waals surface area contributed by atoms with Gasteiger partial charge in [0, 0.05) is 29.7 Å². The number of halogens is 1. The van der Waals surface area contributed by atoms with Crippen LogP contribution >= 0.6 is 11.6 Å². The summed E-state index contributed by atoms with van der Waals surface area (Å²) in [5.74, 6) is -0.326. The zero-order chi connectivity index (χ0) is 14.7. The first kappa shape index (κ1) is 14.9. The summed E-state index contributed by atoms with van der Waals surface area (Å²) in [7, 11) is 0. The third-order valence-electron chi connectivity index (χ3n) is 3.64. The van der Waals surface area contributed by atoms with Gasteiger partial charge in [0.2, 0.25) is 11.8 Å². The van der Waals surface area contributed by atoms with E-state index in [1.165, 1.54) is 0 Å². The summed E-state index contributed by atoms with van der Waals surface area (Å²) in [6.45, 7) is 4.42. The molecule has 1 aliphatic heterocycles. The van der Waals surface area contributed by atoms with Gasteiger partial charge in [-0.1, -0.05) is 18.5 Å². The molecular formula is C15H19ClN2O2. The molecule has 5 heteroatoms. The van der Waals surface area contributed by atoms with Gasteiger partial charge < -0.3 is 10.2 Å². The molecule has 20 heavy (non-hydrogen) atoms. The van der Waals surface area contributed by atoms with Crippen LogP contribution in [0.1, 0.15) is 26.7 Å². The summed E-state index contributed by atoms with van der Waals surface area (Å²) in [5.41, 5.74) is 0.790. The number of carbonyl (C=O) groups is 2. The van der Waals surface area contributed by atoms with E-state index in [9.17, 15) is 9.59 Å². The fourth-order valence-corrected chi connectivity index (χ4v) is 2.34. The molecule has 0 aliphatic carbocycles. The Bertz CT molecular complexity index is 501. The van der Waals surface area contributed by atoms with E-state index < -0.39 is 0 Å². The molecule has 0 bridgehead atoms. The molecule has 108 valence electrons. The van der Waals surface area contributed by atoms with Crippen LogP contribution in [-0.2, 0) is 9.59 Å². The van der Waals surface area contributed by atoms with Crippen molar-refractivity contribution in [2.75, 3.05) is 11.4 Å². The highest BCUT2D eigenvalue weighted by Crippen LogP contribution is 2.26.